The number of hydrogen-bond acceptors (Lipinski definition) is 6. The van der Waals surface area contributed by atoms with Crippen LogP contribution in [-0.2, 0) is 4.74 Å². The van der Waals surface area contributed by atoms with E-state index in [0.717, 1.165) is 32.8 Å². The highest BCUT2D eigenvalue weighted by Crippen LogP contribution is 2.25. The summed E-state index contributed by atoms with van der Waals surface area (Å²) in [5.74, 6) is 1.30. The topological polar surface area (TPSA) is 84.4 Å². The molecule has 31 heavy (non-hydrogen) atoms. The van der Waals surface area contributed by atoms with Crippen molar-refractivity contribution in [2.24, 2.45) is 4.99 Å². The van der Waals surface area contributed by atoms with Crippen molar-refractivity contribution in [3.8, 4) is 11.5 Å². The van der Waals surface area contributed by atoms with Crippen molar-refractivity contribution < 1.29 is 19.0 Å². The number of aliphatic imine (C=N–C) groups is 1. The first kappa shape index (κ1) is 22.9. The minimum absolute atomic E-state index is 0.288. The van der Waals surface area contributed by atoms with E-state index in [0.29, 0.717) is 40.3 Å². The van der Waals surface area contributed by atoms with Gasteiger partial charge in [0.15, 0.2) is 0 Å². The number of morpholine rings is 1. The van der Waals surface area contributed by atoms with E-state index in [-0.39, 0.29) is 5.91 Å². The fourth-order valence-corrected chi connectivity index (χ4v) is 3.16. The average molecular weight is 447 g/mol. The summed E-state index contributed by atoms with van der Waals surface area (Å²) in [7, 11) is 3.16. The SMILES string of the molecule is COc1cc(NC(=NCCN2CCOCC2)NC(=O)c2ccc(Cl)cc2)cc(OC)c1. The molecule has 1 fully saturated rings. The number of hydrogen-bond donors (Lipinski definition) is 2. The molecule has 1 aliphatic heterocycles. The van der Waals surface area contributed by atoms with Gasteiger partial charge in [0.1, 0.15) is 11.5 Å². The zero-order chi connectivity index (χ0) is 22.1. The largest absolute Gasteiger partial charge is 0.497 e. The van der Waals surface area contributed by atoms with Crippen molar-refractivity contribution >= 4 is 29.2 Å². The van der Waals surface area contributed by atoms with Crippen LogP contribution >= 0.6 is 11.6 Å². The van der Waals surface area contributed by atoms with Gasteiger partial charge in [0.05, 0.1) is 34.0 Å². The van der Waals surface area contributed by atoms with E-state index < -0.39 is 0 Å². The summed E-state index contributed by atoms with van der Waals surface area (Å²) in [5, 5.41) is 6.58. The summed E-state index contributed by atoms with van der Waals surface area (Å²) in [6, 6.07) is 12.0. The molecule has 1 saturated heterocycles. The molecule has 0 aromatic heterocycles. The zero-order valence-corrected chi connectivity index (χ0v) is 18.4. The Bertz CT molecular complexity index is 877. The molecule has 166 valence electrons. The van der Waals surface area contributed by atoms with Crippen molar-refractivity contribution in [3.63, 3.8) is 0 Å². The molecule has 0 spiro atoms. The number of nitrogens with zero attached hydrogens (tertiary/aromatic N) is 2. The van der Waals surface area contributed by atoms with E-state index >= 15 is 0 Å². The zero-order valence-electron chi connectivity index (χ0n) is 17.7. The normalized spacial score (nSPS) is 14.7. The number of carbonyl (C=O) groups is 1. The van der Waals surface area contributed by atoms with E-state index in [4.69, 9.17) is 25.8 Å². The van der Waals surface area contributed by atoms with Crippen molar-refractivity contribution in [1.82, 2.24) is 10.2 Å². The van der Waals surface area contributed by atoms with Crippen LogP contribution in [0.5, 0.6) is 11.5 Å². The first-order valence-corrected chi connectivity index (χ1v) is 10.4. The number of methoxy groups -OCH3 is 2. The lowest BCUT2D eigenvalue weighted by Gasteiger charge is -2.25. The van der Waals surface area contributed by atoms with Crippen LogP contribution in [0.4, 0.5) is 5.69 Å². The van der Waals surface area contributed by atoms with E-state index in [9.17, 15) is 4.79 Å². The van der Waals surface area contributed by atoms with Gasteiger partial charge >= 0.3 is 0 Å². The molecule has 0 atom stereocenters. The molecule has 0 saturated carbocycles. The van der Waals surface area contributed by atoms with Crippen LogP contribution in [0.15, 0.2) is 47.5 Å². The Morgan fingerprint density at radius 2 is 1.74 bits per heavy atom. The molecule has 0 unspecified atom stereocenters. The van der Waals surface area contributed by atoms with Gasteiger partial charge in [-0.1, -0.05) is 11.6 Å². The first-order chi connectivity index (χ1) is 15.1. The van der Waals surface area contributed by atoms with E-state index in [1.54, 1.807) is 56.7 Å². The maximum Gasteiger partial charge on any atom is 0.257 e. The van der Waals surface area contributed by atoms with E-state index in [2.05, 4.69) is 20.5 Å². The Hall–Kier alpha value is -2.81. The lowest BCUT2D eigenvalue weighted by Crippen LogP contribution is -2.39. The van der Waals surface area contributed by atoms with Gasteiger partial charge in [0, 0.05) is 54.1 Å². The van der Waals surface area contributed by atoms with Gasteiger partial charge in [-0.3, -0.25) is 20.0 Å². The molecule has 3 rings (SSSR count). The molecule has 0 bridgehead atoms. The van der Waals surface area contributed by atoms with Gasteiger partial charge in [0.25, 0.3) is 5.91 Å². The number of amides is 1. The van der Waals surface area contributed by atoms with E-state index in [1.807, 2.05) is 0 Å². The number of guanidine groups is 1. The maximum atomic E-state index is 12.7. The Morgan fingerprint density at radius 3 is 2.35 bits per heavy atom. The number of nitrogens with one attached hydrogen (secondary N) is 2. The van der Waals surface area contributed by atoms with Crippen LogP contribution in [0.25, 0.3) is 0 Å². The maximum absolute atomic E-state index is 12.7. The second kappa shape index (κ2) is 11.5. The fraction of sp³-hybridized carbons (Fsp3) is 0.364. The predicted octanol–water partition coefficient (Wildman–Crippen LogP) is 2.89. The number of ether oxygens (including phenoxy) is 3. The molecule has 9 heteroatoms. The molecule has 2 N–H and O–H groups in total. The molecule has 1 amide bonds. The van der Waals surface area contributed by atoms with Gasteiger partial charge in [-0.2, -0.15) is 0 Å². The van der Waals surface area contributed by atoms with Crippen molar-refractivity contribution in [2.75, 3.05) is 58.9 Å². The molecule has 1 aliphatic rings. The van der Waals surface area contributed by atoms with Gasteiger partial charge < -0.3 is 19.5 Å². The summed E-state index contributed by atoms with van der Waals surface area (Å²) in [4.78, 5) is 19.6. The number of carbonyl (C=O) groups excluding carboxylic acids is 1. The molecule has 8 nitrogen and oxygen atoms in total. The number of benzene rings is 2. The highest BCUT2D eigenvalue weighted by Gasteiger charge is 2.13. The second-order valence-electron chi connectivity index (χ2n) is 6.87. The highest BCUT2D eigenvalue weighted by molar-refractivity contribution is 6.30. The highest BCUT2D eigenvalue weighted by atomic mass is 35.5. The standard InChI is InChI=1S/C22H27ClN4O4/c1-29-19-13-18(14-20(15-19)30-2)25-22(24-7-8-27-9-11-31-12-10-27)26-21(28)16-3-5-17(23)6-4-16/h3-6,13-15H,7-12H2,1-2H3,(H2,24,25,26,28). The Balaban J connectivity index is 1.75. The molecule has 1 heterocycles. The third-order valence-corrected chi connectivity index (χ3v) is 4.99. The smallest absolute Gasteiger partial charge is 0.257 e. The molecule has 2 aromatic carbocycles. The molecule has 0 aliphatic carbocycles. The van der Waals surface area contributed by atoms with E-state index in [1.165, 1.54) is 0 Å². The summed E-state index contributed by atoms with van der Waals surface area (Å²) < 4.78 is 16.0. The fourth-order valence-electron chi connectivity index (χ4n) is 3.04. The Morgan fingerprint density at radius 1 is 1.10 bits per heavy atom. The lowest BCUT2D eigenvalue weighted by atomic mass is 10.2. The molecular formula is C22H27ClN4O4. The van der Waals surface area contributed by atoms with Crippen LogP contribution in [0.2, 0.25) is 5.02 Å². The average Bonchev–Trinajstić information content (AvgIpc) is 2.79. The van der Waals surface area contributed by atoms with Gasteiger partial charge in [-0.05, 0) is 24.3 Å². The summed E-state index contributed by atoms with van der Waals surface area (Å²) >= 11 is 5.92. The quantitative estimate of drug-likeness (QED) is 0.502. The van der Waals surface area contributed by atoms with Crippen LogP contribution in [0.3, 0.4) is 0 Å². The third-order valence-electron chi connectivity index (χ3n) is 4.74. The number of rotatable bonds is 7. The van der Waals surface area contributed by atoms with Crippen molar-refractivity contribution in [2.45, 2.75) is 0 Å². The number of halogens is 1. The van der Waals surface area contributed by atoms with Crippen LogP contribution in [0, 0.1) is 0 Å². The minimum Gasteiger partial charge on any atom is -0.497 e. The summed E-state index contributed by atoms with van der Waals surface area (Å²) in [6.45, 7) is 4.50. The van der Waals surface area contributed by atoms with Crippen molar-refractivity contribution in [1.29, 1.82) is 0 Å². The predicted molar refractivity (Wildman–Crippen MR) is 122 cm³/mol. The molecule has 0 radical (unpaired) electrons. The summed E-state index contributed by atoms with van der Waals surface area (Å²) in [6.07, 6.45) is 0. The Labute approximate surface area is 187 Å². The van der Waals surface area contributed by atoms with Gasteiger partial charge in [-0.15, -0.1) is 0 Å². The van der Waals surface area contributed by atoms with Crippen LogP contribution in [0.1, 0.15) is 10.4 Å². The van der Waals surface area contributed by atoms with Crippen LogP contribution < -0.4 is 20.1 Å². The molecular weight excluding hydrogens is 420 g/mol. The summed E-state index contributed by atoms with van der Waals surface area (Å²) in [5.41, 5.74) is 1.16. The van der Waals surface area contributed by atoms with Gasteiger partial charge in [-0.25, -0.2) is 0 Å². The number of anilines is 1. The monoisotopic (exact) mass is 446 g/mol. The van der Waals surface area contributed by atoms with Crippen LogP contribution in [-0.4, -0.2) is 70.4 Å². The minimum atomic E-state index is -0.288. The Kier molecular flexibility index (Phi) is 8.52. The molecule has 2 aromatic rings. The lowest BCUT2D eigenvalue weighted by molar-refractivity contribution is 0.0394. The van der Waals surface area contributed by atoms with Crippen molar-refractivity contribution in [3.05, 3.63) is 53.1 Å². The second-order valence-corrected chi connectivity index (χ2v) is 7.31. The first-order valence-electron chi connectivity index (χ1n) is 9.99. The third kappa shape index (κ3) is 7.13. The van der Waals surface area contributed by atoms with Gasteiger partial charge in [0.2, 0.25) is 5.96 Å².